The molecule has 84 valence electrons. The lowest BCUT2D eigenvalue weighted by Crippen LogP contribution is -2.30. The summed E-state index contributed by atoms with van der Waals surface area (Å²) in [4.78, 5) is 4.13. The van der Waals surface area contributed by atoms with Crippen molar-refractivity contribution in [2.75, 3.05) is 13.1 Å². The van der Waals surface area contributed by atoms with Gasteiger partial charge in [-0.3, -0.25) is 0 Å². The summed E-state index contributed by atoms with van der Waals surface area (Å²) in [6.07, 6.45) is 1.61. The van der Waals surface area contributed by atoms with Crippen LogP contribution in [0, 0.1) is 0 Å². The van der Waals surface area contributed by atoms with Gasteiger partial charge in [0.1, 0.15) is 0 Å². The maximum atomic E-state index is 5.99. The van der Waals surface area contributed by atoms with Gasteiger partial charge in [0.15, 0.2) is 0 Å². The van der Waals surface area contributed by atoms with Crippen LogP contribution in [0.1, 0.15) is 5.56 Å². The van der Waals surface area contributed by atoms with Gasteiger partial charge in [-0.25, -0.2) is 10.4 Å². The van der Waals surface area contributed by atoms with E-state index in [1.165, 1.54) is 0 Å². The Bertz CT molecular complexity index is 442. The number of rotatable bonds is 2. The van der Waals surface area contributed by atoms with E-state index in [0.717, 1.165) is 18.7 Å². The lowest BCUT2D eigenvalue weighted by molar-refractivity contribution is 0.920. The molecule has 0 saturated carbocycles. The zero-order chi connectivity index (χ0) is 11.4. The molecule has 2 N–H and O–H groups in total. The molecule has 0 radical (unpaired) electrons. The summed E-state index contributed by atoms with van der Waals surface area (Å²) in [5.41, 5.74) is 3.55. The molecule has 1 aliphatic heterocycles. The van der Waals surface area contributed by atoms with Crippen LogP contribution < -0.4 is 10.7 Å². The van der Waals surface area contributed by atoms with Crippen LogP contribution >= 0.6 is 23.2 Å². The maximum Gasteiger partial charge on any atom is 0.212 e. The Balaban J connectivity index is 2.03. The average Bonchev–Trinajstić information content (AvgIpc) is 2.77. The molecule has 1 aromatic carbocycles. The molecule has 0 aliphatic carbocycles. The van der Waals surface area contributed by atoms with Gasteiger partial charge in [-0.05, 0) is 6.07 Å². The fourth-order valence-electron chi connectivity index (χ4n) is 1.26. The third kappa shape index (κ3) is 2.65. The first-order valence-electron chi connectivity index (χ1n) is 4.79. The molecule has 2 rings (SSSR count). The predicted molar refractivity (Wildman–Crippen MR) is 67.5 cm³/mol. The van der Waals surface area contributed by atoms with Crippen LogP contribution in [0.15, 0.2) is 28.3 Å². The normalized spacial score (nSPS) is 15.0. The minimum absolute atomic E-state index is 0.496. The van der Waals surface area contributed by atoms with Crippen LogP contribution in [0.2, 0.25) is 10.0 Å². The van der Waals surface area contributed by atoms with Gasteiger partial charge >= 0.3 is 0 Å². The molecule has 6 heteroatoms. The van der Waals surface area contributed by atoms with Crippen LogP contribution in [-0.4, -0.2) is 25.3 Å². The van der Waals surface area contributed by atoms with Crippen molar-refractivity contribution in [2.24, 2.45) is 10.1 Å². The number of halogens is 2. The summed E-state index contributed by atoms with van der Waals surface area (Å²) in [6, 6.07) is 5.39. The number of guanidine groups is 1. The number of benzene rings is 1. The van der Waals surface area contributed by atoms with Crippen molar-refractivity contribution < 1.29 is 0 Å². The van der Waals surface area contributed by atoms with Gasteiger partial charge in [0, 0.05) is 12.1 Å². The quantitative estimate of drug-likeness (QED) is 0.627. The van der Waals surface area contributed by atoms with E-state index in [2.05, 4.69) is 20.8 Å². The summed E-state index contributed by atoms with van der Waals surface area (Å²) in [6.45, 7) is 1.62. The fourth-order valence-corrected chi connectivity index (χ4v) is 1.61. The van der Waals surface area contributed by atoms with Crippen LogP contribution in [-0.2, 0) is 0 Å². The number of nitrogens with zero attached hydrogens (tertiary/aromatic N) is 2. The van der Waals surface area contributed by atoms with Gasteiger partial charge in [-0.15, -0.1) is 0 Å². The number of nitrogens with one attached hydrogen (secondary N) is 2. The van der Waals surface area contributed by atoms with Crippen molar-refractivity contribution >= 4 is 35.4 Å². The highest BCUT2D eigenvalue weighted by Crippen LogP contribution is 2.23. The molecule has 0 aromatic heterocycles. The smallest absolute Gasteiger partial charge is 0.212 e. The van der Waals surface area contributed by atoms with Gasteiger partial charge in [-0.2, -0.15) is 5.10 Å². The van der Waals surface area contributed by atoms with E-state index in [4.69, 9.17) is 23.2 Å². The molecule has 0 amide bonds. The van der Waals surface area contributed by atoms with Crippen molar-refractivity contribution in [3.05, 3.63) is 33.8 Å². The Morgan fingerprint density at radius 3 is 3.06 bits per heavy atom. The first kappa shape index (κ1) is 11.2. The topological polar surface area (TPSA) is 48.8 Å². The van der Waals surface area contributed by atoms with Crippen LogP contribution in [0.3, 0.4) is 0 Å². The summed E-state index contributed by atoms with van der Waals surface area (Å²) in [5, 5.41) is 8.06. The first-order valence-corrected chi connectivity index (χ1v) is 5.54. The van der Waals surface area contributed by atoms with E-state index < -0.39 is 0 Å². The van der Waals surface area contributed by atoms with Gasteiger partial charge in [0.2, 0.25) is 5.96 Å². The van der Waals surface area contributed by atoms with E-state index in [1.807, 2.05) is 12.1 Å². The molecule has 0 spiro atoms. The van der Waals surface area contributed by atoms with E-state index in [1.54, 1.807) is 12.3 Å². The van der Waals surface area contributed by atoms with Gasteiger partial charge in [0.25, 0.3) is 0 Å². The molecule has 0 saturated heterocycles. The molecular formula is C10H10Cl2N4. The summed E-state index contributed by atoms with van der Waals surface area (Å²) in [5.74, 6) is 0.675. The third-order valence-corrected chi connectivity index (χ3v) is 2.86. The molecule has 1 aromatic rings. The monoisotopic (exact) mass is 256 g/mol. The number of hydrogen-bond donors (Lipinski definition) is 2. The standard InChI is InChI=1S/C10H10Cl2N4/c11-8-3-1-2-7(9(8)12)6-15-16-10-13-4-5-14-10/h1-3,6H,4-5H2,(H2,13,14,16). The van der Waals surface area contributed by atoms with Crippen molar-refractivity contribution in [3.8, 4) is 0 Å². The Morgan fingerprint density at radius 2 is 2.31 bits per heavy atom. The van der Waals surface area contributed by atoms with Gasteiger partial charge in [0.05, 0.1) is 22.8 Å². The van der Waals surface area contributed by atoms with Crippen molar-refractivity contribution in [1.82, 2.24) is 10.7 Å². The molecule has 1 heterocycles. The average molecular weight is 257 g/mol. The minimum atomic E-state index is 0.496. The maximum absolute atomic E-state index is 5.99. The van der Waals surface area contributed by atoms with Crippen LogP contribution in [0.5, 0.6) is 0 Å². The molecule has 0 fully saturated rings. The fraction of sp³-hybridized carbons (Fsp3) is 0.200. The van der Waals surface area contributed by atoms with Gasteiger partial charge in [-0.1, -0.05) is 35.3 Å². The summed E-state index contributed by atoms with van der Waals surface area (Å²) in [7, 11) is 0. The van der Waals surface area contributed by atoms with E-state index in [9.17, 15) is 0 Å². The molecule has 16 heavy (non-hydrogen) atoms. The molecule has 0 unspecified atom stereocenters. The Kier molecular flexibility index (Phi) is 3.64. The van der Waals surface area contributed by atoms with E-state index in [-0.39, 0.29) is 0 Å². The second-order valence-electron chi connectivity index (χ2n) is 3.17. The number of hydrazone groups is 1. The number of aliphatic imine (C=N–C) groups is 1. The largest absolute Gasteiger partial charge is 0.353 e. The van der Waals surface area contributed by atoms with Crippen molar-refractivity contribution in [2.45, 2.75) is 0 Å². The molecular weight excluding hydrogens is 247 g/mol. The van der Waals surface area contributed by atoms with Gasteiger partial charge < -0.3 is 5.32 Å². The van der Waals surface area contributed by atoms with E-state index in [0.29, 0.717) is 16.0 Å². The van der Waals surface area contributed by atoms with Crippen LogP contribution in [0.4, 0.5) is 0 Å². The molecule has 0 atom stereocenters. The number of hydrogen-bond acceptors (Lipinski definition) is 4. The van der Waals surface area contributed by atoms with Crippen molar-refractivity contribution in [1.29, 1.82) is 0 Å². The van der Waals surface area contributed by atoms with E-state index >= 15 is 0 Å². The zero-order valence-electron chi connectivity index (χ0n) is 8.37. The Hall–Kier alpha value is -1.26. The highest BCUT2D eigenvalue weighted by Gasteiger charge is 2.03. The molecule has 4 nitrogen and oxygen atoms in total. The Labute approximate surface area is 103 Å². The second-order valence-corrected chi connectivity index (χ2v) is 3.96. The molecule has 0 bridgehead atoms. The predicted octanol–water partition coefficient (Wildman–Crippen LogP) is 1.88. The molecule has 1 aliphatic rings. The Morgan fingerprint density at radius 1 is 1.44 bits per heavy atom. The lowest BCUT2D eigenvalue weighted by Gasteiger charge is -2.01. The highest BCUT2D eigenvalue weighted by molar-refractivity contribution is 6.43. The summed E-state index contributed by atoms with van der Waals surface area (Å²) < 4.78 is 0. The first-order chi connectivity index (χ1) is 7.77. The third-order valence-electron chi connectivity index (χ3n) is 2.03. The SMILES string of the molecule is Clc1cccc(C=NNC2=NCCN2)c1Cl. The summed E-state index contributed by atoms with van der Waals surface area (Å²) >= 11 is 11.9. The second kappa shape index (κ2) is 5.18. The zero-order valence-corrected chi connectivity index (χ0v) is 9.89. The van der Waals surface area contributed by atoms with Crippen molar-refractivity contribution in [3.63, 3.8) is 0 Å². The minimum Gasteiger partial charge on any atom is -0.353 e. The van der Waals surface area contributed by atoms with Crippen LogP contribution in [0.25, 0.3) is 0 Å². The lowest BCUT2D eigenvalue weighted by atomic mass is 10.2. The highest BCUT2D eigenvalue weighted by atomic mass is 35.5.